The molecule has 0 spiro atoms. The summed E-state index contributed by atoms with van der Waals surface area (Å²) < 4.78 is 21.2. The van der Waals surface area contributed by atoms with Gasteiger partial charge < -0.3 is 4.74 Å². The van der Waals surface area contributed by atoms with E-state index in [-0.39, 0.29) is 11.2 Å². The Labute approximate surface area is 203 Å². The van der Waals surface area contributed by atoms with Crippen LogP contribution in [-0.4, -0.2) is 19.4 Å². The van der Waals surface area contributed by atoms with E-state index in [2.05, 4.69) is 63.5 Å². The summed E-state index contributed by atoms with van der Waals surface area (Å²) in [5.41, 5.74) is 7.46. The second kappa shape index (κ2) is 12.2. The van der Waals surface area contributed by atoms with Crippen LogP contribution in [0.3, 0.4) is 0 Å². The zero-order valence-corrected chi connectivity index (χ0v) is 22.5. The summed E-state index contributed by atoms with van der Waals surface area (Å²) in [5.74, 6) is -0.188. The first-order valence-electron chi connectivity index (χ1n) is 11.9. The molecule has 0 bridgehead atoms. The molecule has 2 unspecified atom stereocenters. The molecule has 0 heterocycles. The van der Waals surface area contributed by atoms with Crippen LogP contribution in [0, 0.1) is 18.2 Å². The molecule has 0 saturated heterocycles. The summed E-state index contributed by atoms with van der Waals surface area (Å²) in [5, 5.41) is 0. The third-order valence-electron chi connectivity index (χ3n) is 6.95. The van der Waals surface area contributed by atoms with Crippen molar-refractivity contribution in [2.75, 3.05) is 19.4 Å². The molecule has 3 aromatic rings. The average Bonchev–Trinajstić information content (AvgIpc) is 2.85. The number of rotatable bonds is 11. The van der Waals surface area contributed by atoms with Gasteiger partial charge >= 0.3 is 0 Å². The fraction of sp³-hybridized carbons (Fsp3) is 0.379. The van der Waals surface area contributed by atoms with Crippen molar-refractivity contribution >= 4 is 18.5 Å². The fourth-order valence-corrected chi connectivity index (χ4v) is 5.25. The van der Waals surface area contributed by atoms with Gasteiger partial charge in [0.2, 0.25) is 0 Å². The van der Waals surface area contributed by atoms with Gasteiger partial charge in [0.1, 0.15) is 5.82 Å². The molecule has 0 saturated carbocycles. The Kier molecular flexibility index (Phi) is 9.63. The topological polar surface area (TPSA) is 9.23 Å². The van der Waals surface area contributed by atoms with Gasteiger partial charge in [0, 0.05) is 5.56 Å². The smallest absolute Gasteiger partial charge is 0.131 e. The molecule has 0 amide bonds. The maximum Gasteiger partial charge on any atom is 0.131 e. The Morgan fingerprint density at radius 3 is 2.09 bits per heavy atom. The lowest BCUT2D eigenvalue weighted by Gasteiger charge is -2.29. The zero-order chi connectivity index (χ0) is 23.8. The summed E-state index contributed by atoms with van der Waals surface area (Å²) in [6.07, 6.45) is 5.05. The van der Waals surface area contributed by atoms with Crippen molar-refractivity contribution in [3.05, 3.63) is 83.2 Å². The fourth-order valence-electron chi connectivity index (χ4n) is 4.17. The molecular weight excluding hydrogens is 445 g/mol. The Morgan fingerprint density at radius 2 is 1.48 bits per heavy atom. The van der Waals surface area contributed by atoms with Crippen LogP contribution in [0.1, 0.15) is 43.4 Å². The highest BCUT2D eigenvalue weighted by Crippen LogP contribution is 2.31. The summed E-state index contributed by atoms with van der Waals surface area (Å²) in [6.45, 7) is 8.06. The zero-order valence-electron chi connectivity index (χ0n) is 20.2. The van der Waals surface area contributed by atoms with E-state index in [1.165, 1.54) is 16.7 Å². The highest BCUT2D eigenvalue weighted by Gasteiger charge is 2.24. The molecule has 0 radical (unpaired) electrons. The predicted molar refractivity (Wildman–Crippen MR) is 148 cm³/mol. The van der Waals surface area contributed by atoms with E-state index in [4.69, 9.17) is 4.74 Å². The third-order valence-corrected chi connectivity index (χ3v) is 8.25. The molecule has 0 fully saturated rings. The van der Waals surface area contributed by atoms with Crippen LogP contribution in [0.5, 0.6) is 0 Å². The summed E-state index contributed by atoms with van der Waals surface area (Å²) in [6, 6.07) is 20.0. The molecule has 176 valence electrons. The molecule has 0 aliphatic carbocycles. The van der Waals surface area contributed by atoms with Crippen molar-refractivity contribution in [2.45, 2.75) is 46.2 Å². The molecule has 2 atom stereocenters. The van der Waals surface area contributed by atoms with Crippen LogP contribution >= 0.6 is 18.5 Å². The first kappa shape index (κ1) is 26.0. The summed E-state index contributed by atoms with van der Waals surface area (Å²) in [4.78, 5) is 0. The van der Waals surface area contributed by atoms with E-state index in [1.54, 1.807) is 6.07 Å². The van der Waals surface area contributed by atoms with E-state index in [9.17, 15) is 0 Å². The van der Waals surface area contributed by atoms with Gasteiger partial charge in [-0.3, -0.25) is 0 Å². The van der Waals surface area contributed by atoms with Crippen LogP contribution in [0.4, 0.5) is 4.39 Å². The van der Waals surface area contributed by atoms with E-state index >= 15 is 4.39 Å². The Morgan fingerprint density at radius 1 is 0.818 bits per heavy atom. The van der Waals surface area contributed by atoms with Gasteiger partial charge in [-0.2, -0.15) is 0 Å². The second-order valence-electron chi connectivity index (χ2n) is 8.96. The normalized spacial score (nSPS) is 11.7. The van der Waals surface area contributed by atoms with Gasteiger partial charge in [0.05, 0.1) is 13.2 Å². The Hall–Kier alpha value is -1.59. The standard InChI is InChI=1S/C29H37FOP2/c1-4-29(5-2,20-33)19-31-15-14-23-10-11-25(16-26(23)18-32)27-13-12-24(17-28(27)30)22-8-6-21(3)7-9-22/h6-13,16-17H,4-5,14-15,18-20,32-33H2,1-3H3. The monoisotopic (exact) mass is 482 g/mol. The van der Waals surface area contributed by atoms with Gasteiger partial charge in [-0.25, -0.2) is 4.39 Å². The molecule has 33 heavy (non-hydrogen) atoms. The second-order valence-corrected chi connectivity index (χ2v) is 9.78. The van der Waals surface area contributed by atoms with Gasteiger partial charge in [-0.05, 0) is 77.8 Å². The summed E-state index contributed by atoms with van der Waals surface area (Å²) >= 11 is 0. The minimum atomic E-state index is -0.188. The lowest BCUT2D eigenvalue weighted by atomic mass is 9.85. The molecule has 3 aromatic carbocycles. The van der Waals surface area contributed by atoms with E-state index in [0.717, 1.165) is 54.9 Å². The van der Waals surface area contributed by atoms with Crippen molar-refractivity contribution in [3.63, 3.8) is 0 Å². The number of ether oxygens (including phenoxy) is 1. The van der Waals surface area contributed by atoms with Crippen molar-refractivity contribution in [2.24, 2.45) is 5.41 Å². The van der Waals surface area contributed by atoms with Crippen LogP contribution in [0.25, 0.3) is 22.3 Å². The van der Waals surface area contributed by atoms with Gasteiger partial charge in [-0.1, -0.05) is 74.0 Å². The van der Waals surface area contributed by atoms with Crippen LogP contribution < -0.4 is 0 Å². The van der Waals surface area contributed by atoms with Gasteiger partial charge in [0.25, 0.3) is 0 Å². The van der Waals surface area contributed by atoms with E-state index in [0.29, 0.717) is 12.2 Å². The molecule has 3 rings (SSSR count). The highest BCUT2D eigenvalue weighted by molar-refractivity contribution is 7.16. The minimum absolute atomic E-state index is 0.188. The molecule has 0 N–H and O–H groups in total. The van der Waals surface area contributed by atoms with Crippen molar-refractivity contribution in [1.29, 1.82) is 0 Å². The van der Waals surface area contributed by atoms with Crippen LogP contribution in [0.2, 0.25) is 0 Å². The van der Waals surface area contributed by atoms with Crippen LogP contribution in [0.15, 0.2) is 60.7 Å². The SMILES string of the molecule is CCC(CC)(CP)COCCc1ccc(-c2ccc(-c3ccc(C)cc3)cc2F)cc1CP. The van der Waals surface area contributed by atoms with Crippen molar-refractivity contribution in [3.8, 4) is 22.3 Å². The van der Waals surface area contributed by atoms with Crippen molar-refractivity contribution in [1.82, 2.24) is 0 Å². The molecular formula is C29H37FOP2. The maximum absolute atomic E-state index is 15.1. The molecule has 0 aliphatic rings. The predicted octanol–water partition coefficient (Wildman–Crippen LogP) is 8.08. The Balaban J connectivity index is 1.72. The average molecular weight is 483 g/mol. The van der Waals surface area contributed by atoms with Crippen LogP contribution in [-0.2, 0) is 17.3 Å². The largest absolute Gasteiger partial charge is 0.381 e. The van der Waals surface area contributed by atoms with Gasteiger partial charge in [-0.15, -0.1) is 18.5 Å². The van der Waals surface area contributed by atoms with Crippen molar-refractivity contribution < 1.29 is 9.13 Å². The Bertz CT molecular complexity index is 1030. The molecule has 4 heteroatoms. The highest BCUT2D eigenvalue weighted by atomic mass is 31.0. The summed E-state index contributed by atoms with van der Waals surface area (Å²) in [7, 11) is 5.69. The first-order valence-corrected chi connectivity index (χ1v) is 13.5. The number of hydrogen-bond donors (Lipinski definition) is 0. The number of aryl methyl sites for hydroxylation is 1. The first-order chi connectivity index (χ1) is 15.9. The lowest BCUT2D eigenvalue weighted by molar-refractivity contribution is 0.0526. The molecule has 0 aromatic heterocycles. The number of halogens is 1. The lowest BCUT2D eigenvalue weighted by Crippen LogP contribution is -2.27. The third kappa shape index (κ3) is 6.51. The minimum Gasteiger partial charge on any atom is -0.381 e. The quantitative estimate of drug-likeness (QED) is 0.198. The molecule has 1 nitrogen and oxygen atoms in total. The van der Waals surface area contributed by atoms with E-state index < -0.39 is 0 Å². The number of hydrogen-bond acceptors (Lipinski definition) is 1. The van der Waals surface area contributed by atoms with E-state index in [1.807, 2.05) is 30.3 Å². The molecule has 0 aliphatic heterocycles. The number of benzene rings is 3. The maximum atomic E-state index is 15.1. The van der Waals surface area contributed by atoms with Gasteiger partial charge in [0.15, 0.2) is 0 Å².